The van der Waals surface area contributed by atoms with Crippen molar-refractivity contribution in [3.8, 4) is 22.6 Å². The predicted octanol–water partition coefficient (Wildman–Crippen LogP) is 3.60. The van der Waals surface area contributed by atoms with Gasteiger partial charge < -0.3 is 9.84 Å². The van der Waals surface area contributed by atoms with Gasteiger partial charge in [0.25, 0.3) is 11.1 Å². The van der Waals surface area contributed by atoms with Gasteiger partial charge in [0.2, 0.25) is 0 Å². The molecule has 142 valence electrons. The van der Waals surface area contributed by atoms with Crippen LogP contribution >= 0.6 is 11.5 Å². The SMILES string of the molecule is COc1cc(-c2cc3c(C4CC4)c4s[nH]c(=O)c4c(=O)n3cc2F)ccc1O. The molecule has 4 aromatic rings. The highest BCUT2D eigenvalue weighted by atomic mass is 32.1. The maximum absolute atomic E-state index is 15.0. The summed E-state index contributed by atoms with van der Waals surface area (Å²) in [6.45, 7) is 0. The summed E-state index contributed by atoms with van der Waals surface area (Å²) in [4.78, 5) is 25.0. The van der Waals surface area contributed by atoms with E-state index in [-0.39, 0.29) is 22.8 Å². The monoisotopic (exact) mass is 398 g/mol. The number of nitrogens with zero attached hydrogens (tertiary/aromatic N) is 1. The molecule has 28 heavy (non-hydrogen) atoms. The molecular formula is C20H15FN2O4S. The Kier molecular flexibility index (Phi) is 3.60. The van der Waals surface area contributed by atoms with E-state index in [2.05, 4.69) is 4.37 Å². The molecule has 3 heterocycles. The molecule has 1 aliphatic rings. The van der Waals surface area contributed by atoms with Crippen LogP contribution in [0.15, 0.2) is 40.1 Å². The quantitative estimate of drug-likeness (QED) is 0.552. The number of benzene rings is 1. The number of rotatable bonds is 3. The highest BCUT2D eigenvalue weighted by Gasteiger charge is 2.31. The van der Waals surface area contributed by atoms with Crippen molar-refractivity contribution >= 4 is 27.1 Å². The van der Waals surface area contributed by atoms with Crippen molar-refractivity contribution in [3.63, 3.8) is 0 Å². The number of pyridine rings is 2. The molecule has 0 saturated heterocycles. The Labute approximate surface area is 161 Å². The molecule has 1 aliphatic carbocycles. The number of hydrogen-bond acceptors (Lipinski definition) is 5. The Hall–Kier alpha value is -3.13. The molecule has 0 radical (unpaired) electrons. The van der Waals surface area contributed by atoms with Gasteiger partial charge in [-0.15, -0.1) is 0 Å². The minimum absolute atomic E-state index is 0.0406. The lowest BCUT2D eigenvalue weighted by molar-refractivity contribution is 0.373. The number of aromatic hydroxyl groups is 1. The fourth-order valence-electron chi connectivity index (χ4n) is 3.66. The largest absolute Gasteiger partial charge is 0.504 e. The fraction of sp³-hybridized carbons (Fsp3) is 0.200. The van der Waals surface area contributed by atoms with Gasteiger partial charge in [-0.1, -0.05) is 17.6 Å². The number of H-pyrrole nitrogens is 1. The molecule has 1 aromatic carbocycles. The molecule has 6 nitrogen and oxygen atoms in total. The Morgan fingerprint density at radius 2 is 2.07 bits per heavy atom. The molecule has 5 rings (SSSR count). The predicted molar refractivity (Wildman–Crippen MR) is 105 cm³/mol. The topological polar surface area (TPSA) is 83.8 Å². The Bertz CT molecular complexity index is 1380. The van der Waals surface area contributed by atoms with Crippen LogP contribution in [0.1, 0.15) is 24.3 Å². The fourth-order valence-corrected chi connectivity index (χ4v) is 4.62. The van der Waals surface area contributed by atoms with Crippen LogP contribution in [0.5, 0.6) is 11.5 Å². The number of phenolic OH excluding ortho intramolecular Hbond substituents is 1. The highest BCUT2D eigenvalue weighted by molar-refractivity contribution is 7.13. The van der Waals surface area contributed by atoms with E-state index in [0.29, 0.717) is 21.3 Å². The maximum atomic E-state index is 15.0. The van der Waals surface area contributed by atoms with Crippen LogP contribution in [0, 0.1) is 5.82 Å². The van der Waals surface area contributed by atoms with Crippen LogP contribution in [-0.4, -0.2) is 21.0 Å². The van der Waals surface area contributed by atoms with Gasteiger partial charge in [-0.3, -0.25) is 18.4 Å². The lowest BCUT2D eigenvalue weighted by Gasteiger charge is -2.13. The summed E-state index contributed by atoms with van der Waals surface area (Å²) in [6, 6.07) is 6.22. The summed E-state index contributed by atoms with van der Waals surface area (Å²) in [7, 11) is 1.42. The third-order valence-corrected chi connectivity index (χ3v) is 6.09. The average Bonchev–Trinajstić information content (AvgIpc) is 3.45. The normalized spacial score (nSPS) is 14.1. The number of ether oxygens (including phenoxy) is 1. The summed E-state index contributed by atoms with van der Waals surface area (Å²) in [5, 5.41) is 9.90. The smallest absolute Gasteiger partial charge is 0.271 e. The molecule has 2 N–H and O–H groups in total. The van der Waals surface area contributed by atoms with Gasteiger partial charge in [-0.25, -0.2) is 4.39 Å². The Morgan fingerprint density at radius 1 is 1.29 bits per heavy atom. The van der Waals surface area contributed by atoms with Crippen molar-refractivity contribution in [2.45, 2.75) is 18.8 Å². The number of halogens is 1. The number of aromatic nitrogens is 2. The van der Waals surface area contributed by atoms with Crippen molar-refractivity contribution in [2.75, 3.05) is 7.11 Å². The molecule has 0 amide bonds. The first kappa shape index (κ1) is 17.0. The van der Waals surface area contributed by atoms with E-state index in [1.165, 1.54) is 17.6 Å². The van der Waals surface area contributed by atoms with E-state index in [9.17, 15) is 19.1 Å². The molecule has 0 aliphatic heterocycles. The number of methoxy groups -OCH3 is 1. The van der Waals surface area contributed by atoms with Crippen LogP contribution in [0.25, 0.3) is 26.7 Å². The highest BCUT2D eigenvalue weighted by Crippen LogP contribution is 2.45. The van der Waals surface area contributed by atoms with Gasteiger partial charge >= 0.3 is 0 Å². The van der Waals surface area contributed by atoms with Crippen LogP contribution in [-0.2, 0) is 0 Å². The molecule has 1 fully saturated rings. The van der Waals surface area contributed by atoms with Crippen molar-refractivity contribution in [2.24, 2.45) is 0 Å². The third-order valence-electron chi connectivity index (χ3n) is 5.17. The maximum Gasteiger partial charge on any atom is 0.271 e. The molecular weight excluding hydrogens is 383 g/mol. The Morgan fingerprint density at radius 3 is 2.79 bits per heavy atom. The van der Waals surface area contributed by atoms with Gasteiger partial charge in [0.15, 0.2) is 11.5 Å². The zero-order valence-electron chi connectivity index (χ0n) is 14.8. The number of phenols is 1. The van der Waals surface area contributed by atoms with Gasteiger partial charge in [-0.2, -0.15) is 0 Å². The molecule has 0 unspecified atom stereocenters. The standard InChI is InChI=1S/C20H15FN2O4S/c1-27-15-6-10(4-5-14(15)24)11-7-13-16(9-2-3-9)18-17(19(25)22-28-18)20(26)23(13)8-12(11)21/h4-9,24H,2-3H2,1H3,(H,22,25). The van der Waals surface area contributed by atoms with E-state index in [1.807, 2.05) is 0 Å². The first-order valence-corrected chi connectivity index (χ1v) is 9.57. The van der Waals surface area contributed by atoms with E-state index in [1.54, 1.807) is 18.2 Å². The van der Waals surface area contributed by atoms with Crippen LogP contribution in [0.4, 0.5) is 4.39 Å². The second-order valence-corrected chi connectivity index (χ2v) is 7.72. The van der Waals surface area contributed by atoms with Gasteiger partial charge in [-0.05, 0) is 48.1 Å². The Balaban J connectivity index is 1.88. The van der Waals surface area contributed by atoms with E-state index in [4.69, 9.17) is 4.74 Å². The minimum atomic E-state index is -0.602. The van der Waals surface area contributed by atoms with Gasteiger partial charge in [0.1, 0.15) is 11.2 Å². The zero-order chi connectivity index (χ0) is 19.6. The lowest BCUT2D eigenvalue weighted by Crippen LogP contribution is -2.20. The molecule has 3 aromatic heterocycles. The summed E-state index contributed by atoms with van der Waals surface area (Å²) in [6.07, 6.45) is 3.07. The number of nitrogens with one attached hydrogen (secondary N) is 1. The first-order valence-electron chi connectivity index (χ1n) is 8.76. The first-order chi connectivity index (χ1) is 13.5. The van der Waals surface area contributed by atoms with Crippen molar-refractivity contribution in [1.29, 1.82) is 0 Å². The van der Waals surface area contributed by atoms with Crippen molar-refractivity contribution in [3.05, 3.63) is 62.6 Å². The number of fused-ring (bicyclic) bond motifs is 2. The molecule has 0 bridgehead atoms. The van der Waals surface area contributed by atoms with Crippen LogP contribution in [0.2, 0.25) is 0 Å². The second kappa shape index (κ2) is 5.93. The van der Waals surface area contributed by atoms with Gasteiger partial charge in [0.05, 0.1) is 17.3 Å². The summed E-state index contributed by atoms with van der Waals surface area (Å²) >= 11 is 1.15. The molecule has 0 spiro atoms. The zero-order valence-corrected chi connectivity index (χ0v) is 15.6. The van der Waals surface area contributed by atoms with E-state index in [0.717, 1.165) is 36.1 Å². The summed E-state index contributed by atoms with van der Waals surface area (Å²) in [5.74, 6) is -0.163. The average molecular weight is 398 g/mol. The van der Waals surface area contributed by atoms with E-state index < -0.39 is 16.9 Å². The van der Waals surface area contributed by atoms with Crippen molar-refractivity contribution < 1.29 is 14.2 Å². The lowest BCUT2D eigenvalue weighted by atomic mass is 10.0. The van der Waals surface area contributed by atoms with Crippen LogP contribution in [0.3, 0.4) is 0 Å². The summed E-state index contributed by atoms with van der Waals surface area (Å²) < 4.78 is 24.6. The van der Waals surface area contributed by atoms with Gasteiger partial charge in [0, 0.05) is 11.8 Å². The minimum Gasteiger partial charge on any atom is -0.504 e. The van der Waals surface area contributed by atoms with Crippen molar-refractivity contribution in [1.82, 2.24) is 8.77 Å². The molecule has 1 saturated carbocycles. The van der Waals surface area contributed by atoms with E-state index >= 15 is 0 Å². The third kappa shape index (κ3) is 2.37. The summed E-state index contributed by atoms with van der Waals surface area (Å²) in [5.41, 5.74) is 1.36. The molecule has 8 heteroatoms. The molecule has 0 atom stereocenters. The number of aromatic amines is 1. The van der Waals surface area contributed by atoms with Crippen LogP contribution < -0.4 is 15.9 Å². The number of hydrogen-bond donors (Lipinski definition) is 2. The second-order valence-electron chi connectivity index (χ2n) is 6.91.